The fraction of sp³-hybridized carbons (Fsp3) is 0.107. The number of amides is 1. The summed E-state index contributed by atoms with van der Waals surface area (Å²) in [6, 6.07) is 26.5. The number of rotatable bonds is 5. The van der Waals surface area contributed by atoms with Crippen LogP contribution in [0.4, 0.5) is 10.1 Å². The van der Waals surface area contributed by atoms with Crippen LogP contribution in [0.3, 0.4) is 0 Å². The molecule has 1 amide bonds. The number of hydrogen-bond donors (Lipinski definition) is 2. The van der Waals surface area contributed by atoms with Crippen molar-refractivity contribution in [1.82, 2.24) is 0 Å². The number of nitrogens with zero attached hydrogens (tertiary/aromatic N) is 1. The number of phenolic OH excluding ortho intramolecular Hbond substituents is 1. The second-order valence-corrected chi connectivity index (χ2v) is 8.15. The van der Waals surface area contributed by atoms with Gasteiger partial charge in [0.15, 0.2) is 11.6 Å². The summed E-state index contributed by atoms with van der Waals surface area (Å²) in [6.07, 6.45) is 0. The number of benzene rings is 4. The largest absolute Gasteiger partial charge is 0.507 e. The number of aromatic hydroxyl groups is 1. The van der Waals surface area contributed by atoms with Gasteiger partial charge in [0.05, 0.1) is 19.3 Å². The van der Waals surface area contributed by atoms with Gasteiger partial charge in [-0.2, -0.15) is 0 Å². The molecule has 0 saturated carbocycles. The van der Waals surface area contributed by atoms with Crippen molar-refractivity contribution in [3.63, 3.8) is 0 Å². The number of hydrogen-bond acceptors (Lipinski definition) is 4. The van der Waals surface area contributed by atoms with Crippen LogP contribution in [0.25, 0.3) is 11.1 Å². The molecule has 1 atom stereocenters. The zero-order valence-electron chi connectivity index (χ0n) is 18.4. The van der Waals surface area contributed by atoms with Gasteiger partial charge in [0.25, 0.3) is 5.91 Å². The van der Waals surface area contributed by atoms with Gasteiger partial charge in [0, 0.05) is 17.2 Å². The number of para-hydroxylation sites is 1. The summed E-state index contributed by atoms with van der Waals surface area (Å²) in [5.41, 5.74) is 1.35. The van der Waals surface area contributed by atoms with E-state index in [1.807, 2.05) is 54.6 Å². The van der Waals surface area contributed by atoms with E-state index in [1.165, 1.54) is 18.1 Å². The van der Waals surface area contributed by atoms with Crippen molar-refractivity contribution in [2.24, 2.45) is 0 Å². The van der Waals surface area contributed by atoms with Crippen molar-refractivity contribution in [3.05, 3.63) is 114 Å². The lowest BCUT2D eigenvalue weighted by Gasteiger charge is -2.25. The minimum atomic E-state index is -2.21. The number of phenols is 1. The molecule has 0 aromatic heterocycles. The fourth-order valence-corrected chi connectivity index (χ4v) is 4.57. The third-order valence-electron chi connectivity index (χ3n) is 6.23. The number of halogens is 1. The van der Waals surface area contributed by atoms with Gasteiger partial charge in [0.2, 0.25) is 5.60 Å². The molecule has 5 nitrogen and oxygen atoms in total. The molecular weight excluding hydrogens is 433 g/mol. The van der Waals surface area contributed by atoms with Crippen LogP contribution in [0.1, 0.15) is 16.7 Å². The standard InChI is InChI=1S/C28H22FNO4/c1-34-26-15-22(25(31)16-23(26)29)28(33)21-13-7-8-14-24(21)30(27(28)32)17-19-11-5-6-12-20(19)18-9-3-2-4-10-18/h2-16,31,33H,17H2,1H3. The summed E-state index contributed by atoms with van der Waals surface area (Å²) in [7, 11) is 1.28. The highest BCUT2D eigenvalue weighted by Crippen LogP contribution is 2.48. The smallest absolute Gasteiger partial charge is 0.268 e. The quantitative estimate of drug-likeness (QED) is 0.445. The highest BCUT2D eigenvalue weighted by atomic mass is 19.1. The summed E-state index contributed by atoms with van der Waals surface area (Å²) in [6.45, 7) is 0.197. The lowest BCUT2D eigenvalue weighted by atomic mass is 9.86. The van der Waals surface area contributed by atoms with Crippen molar-refractivity contribution in [2.45, 2.75) is 12.1 Å². The van der Waals surface area contributed by atoms with E-state index in [0.29, 0.717) is 11.3 Å². The number of anilines is 1. The molecule has 1 aliphatic heterocycles. The third-order valence-corrected chi connectivity index (χ3v) is 6.23. The minimum absolute atomic E-state index is 0.137. The molecule has 2 N–H and O–H groups in total. The van der Waals surface area contributed by atoms with E-state index < -0.39 is 23.1 Å². The van der Waals surface area contributed by atoms with Crippen LogP contribution < -0.4 is 9.64 Å². The van der Waals surface area contributed by atoms with E-state index in [0.717, 1.165) is 22.8 Å². The molecule has 1 aliphatic rings. The van der Waals surface area contributed by atoms with Gasteiger partial charge in [0.1, 0.15) is 5.75 Å². The summed E-state index contributed by atoms with van der Waals surface area (Å²) in [5.74, 6) is -2.14. The van der Waals surface area contributed by atoms with Crippen molar-refractivity contribution >= 4 is 11.6 Å². The fourth-order valence-electron chi connectivity index (χ4n) is 4.57. The van der Waals surface area contributed by atoms with Crippen LogP contribution in [0.5, 0.6) is 11.5 Å². The predicted molar refractivity (Wildman–Crippen MR) is 127 cm³/mol. The number of aliphatic hydroxyl groups is 1. The highest BCUT2D eigenvalue weighted by Gasteiger charge is 2.52. The number of methoxy groups -OCH3 is 1. The Bertz CT molecular complexity index is 1390. The zero-order valence-corrected chi connectivity index (χ0v) is 18.4. The van der Waals surface area contributed by atoms with Gasteiger partial charge in [-0.05, 0) is 28.8 Å². The molecule has 0 saturated heterocycles. The maximum Gasteiger partial charge on any atom is 0.268 e. The molecule has 1 heterocycles. The van der Waals surface area contributed by atoms with Crippen molar-refractivity contribution in [1.29, 1.82) is 0 Å². The normalized spacial score (nSPS) is 17.0. The van der Waals surface area contributed by atoms with E-state index in [9.17, 15) is 19.4 Å². The average Bonchev–Trinajstić information content (AvgIpc) is 3.07. The Balaban J connectivity index is 1.63. The Kier molecular flexibility index (Phi) is 5.30. The third kappa shape index (κ3) is 3.31. The molecule has 170 valence electrons. The second-order valence-electron chi connectivity index (χ2n) is 8.15. The van der Waals surface area contributed by atoms with E-state index in [1.54, 1.807) is 24.3 Å². The molecule has 4 aromatic carbocycles. The zero-order chi connectivity index (χ0) is 23.9. The van der Waals surface area contributed by atoms with Crippen LogP contribution in [0, 0.1) is 5.82 Å². The first kappa shape index (κ1) is 21.7. The van der Waals surface area contributed by atoms with Crippen LogP contribution in [0.2, 0.25) is 0 Å². The molecule has 0 bridgehead atoms. The first-order valence-electron chi connectivity index (χ1n) is 10.8. The Hall–Kier alpha value is -4.16. The Morgan fingerprint density at radius 1 is 0.912 bits per heavy atom. The molecule has 0 radical (unpaired) electrons. The van der Waals surface area contributed by atoms with Gasteiger partial charge in [-0.25, -0.2) is 4.39 Å². The SMILES string of the molecule is COc1cc(C2(O)C(=O)N(Cc3ccccc3-c3ccccc3)c3ccccc32)c(O)cc1F. The van der Waals surface area contributed by atoms with Crippen molar-refractivity contribution < 1.29 is 24.1 Å². The molecule has 5 rings (SSSR count). The minimum Gasteiger partial charge on any atom is -0.507 e. The van der Waals surface area contributed by atoms with E-state index in [4.69, 9.17) is 4.74 Å². The molecular formula is C28H22FNO4. The monoisotopic (exact) mass is 455 g/mol. The molecule has 1 unspecified atom stereocenters. The molecule has 0 spiro atoms. The van der Waals surface area contributed by atoms with Crippen LogP contribution in [-0.2, 0) is 16.9 Å². The number of fused-ring (bicyclic) bond motifs is 1. The van der Waals surface area contributed by atoms with Gasteiger partial charge in [-0.3, -0.25) is 4.79 Å². The maximum absolute atomic E-state index is 14.1. The van der Waals surface area contributed by atoms with Crippen molar-refractivity contribution in [2.75, 3.05) is 12.0 Å². The number of carbonyl (C=O) groups excluding carboxylic acids is 1. The molecule has 4 aromatic rings. The van der Waals surface area contributed by atoms with E-state index >= 15 is 0 Å². The Morgan fingerprint density at radius 3 is 2.35 bits per heavy atom. The van der Waals surface area contributed by atoms with Gasteiger partial charge < -0.3 is 19.8 Å². The molecule has 34 heavy (non-hydrogen) atoms. The Morgan fingerprint density at radius 2 is 1.59 bits per heavy atom. The average molecular weight is 455 g/mol. The summed E-state index contributed by atoms with van der Waals surface area (Å²) < 4.78 is 19.2. The number of carbonyl (C=O) groups is 1. The summed E-state index contributed by atoms with van der Waals surface area (Å²) in [4.78, 5) is 15.3. The highest BCUT2D eigenvalue weighted by molar-refractivity contribution is 6.09. The topological polar surface area (TPSA) is 70.0 Å². The van der Waals surface area contributed by atoms with Gasteiger partial charge in [-0.15, -0.1) is 0 Å². The molecule has 0 aliphatic carbocycles. The van der Waals surface area contributed by atoms with E-state index in [2.05, 4.69) is 0 Å². The number of ether oxygens (including phenoxy) is 1. The van der Waals surface area contributed by atoms with Gasteiger partial charge >= 0.3 is 0 Å². The predicted octanol–water partition coefficient (Wildman–Crippen LogP) is 4.99. The first-order valence-corrected chi connectivity index (χ1v) is 10.8. The summed E-state index contributed by atoms with van der Waals surface area (Å²) in [5, 5.41) is 22.3. The summed E-state index contributed by atoms with van der Waals surface area (Å²) >= 11 is 0. The lowest BCUT2D eigenvalue weighted by molar-refractivity contribution is -0.132. The van der Waals surface area contributed by atoms with Crippen LogP contribution in [0.15, 0.2) is 91.0 Å². The molecule has 6 heteroatoms. The lowest BCUT2D eigenvalue weighted by Crippen LogP contribution is -2.41. The Labute approximate surface area is 196 Å². The molecule has 0 fully saturated rings. The first-order chi connectivity index (χ1) is 16.4. The second kappa shape index (κ2) is 8.32. The van der Waals surface area contributed by atoms with Crippen LogP contribution in [-0.4, -0.2) is 23.2 Å². The van der Waals surface area contributed by atoms with E-state index in [-0.39, 0.29) is 17.9 Å². The maximum atomic E-state index is 14.1. The van der Waals surface area contributed by atoms with Gasteiger partial charge in [-0.1, -0.05) is 72.8 Å². The van der Waals surface area contributed by atoms with Crippen molar-refractivity contribution in [3.8, 4) is 22.6 Å². The van der Waals surface area contributed by atoms with Crippen LogP contribution >= 0.6 is 0 Å².